The van der Waals surface area contributed by atoms with Crippen molar-refractivity contribution in [2.24, 2.45) is 0 Å². The van der Waals surface area contributed by atoms with E-state index in [1.165, 1.54) is 0 Å². The van der Waals surface area contributed by atoms with Crippen LogP contribution in [0, 0.1) is 0 Å². The second-order valence-corrected chi connectivity index (χ2v) is 6.85. The number of amides is 2. The number of hydrogen-bond donors (Lipinski definition) is 2. The Labute approximate surface area is 146 Å². The summed E-state index contributed by atoms with van der Waals surface area (Å²) >= 11 is 0. The van der Waals surface area contributed by atoms with E-state index in [-0.39, 0.29) is 17.9 Å². The number of benzene rings is 1. The van der Waals surface area contributed by atoms with Crippen LogP contribution in [0.1, 0.15) is 43.6 Å². The molecule has 2 amide bonds. The third kappa shape index (κ3) is 3.33. The van der Waals surface area contributed by atoms with Gasteiger partial charge in [0.05, 0.1) is 23.4 Å². The Bertz CT molecular complexity index is 826. The first-order valence-electron chi connectivity index (χ1n) is 8.17. The van der Waals surface area contributed by atoms with Gasteiger partial charge in [-0.2, -0.15) is 0 Å². The standard InChI is InChI=1S/C19H21N3O3/c1-11(2)25-16-8-6-13(10-20-16)21-17(23)12-5-7-14-15(9-12)22-18(24)19(14,3)4/h5-11H,1-4H3,(H,21,23)(H,22,24). The molecule has 0 bridgehead atoms. The maximum absolute atomic E-state index is 12.4. The lowest BCUT2D eigenvalue weighted by atomic mass is 9.86. The quantitative estimate of drug-likeness (QED) is 0.895. The third-order valence-electron chi connectivity index (χ3n) is 4.12. The molecule has 0 radical (unpaired) electrons. The second-order valence-electron chi connectivity index (χ2n) is 6.85. The first-order chi connectivity index (χ1) is 11.8. The lowest BCUT2D eigenvalue weighted by Crippen LogP contribution is -2.26. The van der Waals surface area contributed by atoms with E-state index >= 15 is 0 Å². The molecule has 130 valence electrons. The number of fused-ring (bicyclic) bond motifs is 1. The molecule has 2 aromatic rings. The molecule has 0 unspecified atom stereocenters. The minimum atomic E-state index is -0.583. The van der Waals surface area contributed by atoms with Crippen LogP contribution in [0.3, 0.4) is 0 Å². The molecule has 1 aromatic heterocycles. The number of carbonyl (C=O) groups excluding carboxylic acids is 2. The molecular weight excluding hydrogens is 318 g/mol. The summed E-state index contributed by atoms with van der Waals surface area (Å²) in [5, 5.41) is 5.62. The molecule has 0 saturated heterocycles. The van der Waals surface area contributed by atoms with Gasteiger partial charge in [-0.25, -0.2) is 4.98 Å². The van der Waals surface area contributed by atoms with E-state index in [4.69, 9.17) is 4.74 Å². The number of rotatable bonds is 4. The average Bonchev–Trinajstić information content (AvgIpc) is 2.78. The molecule has 2 N–H and O–H groups in total. The fourth-order valence-electron chi connectivity index (χ4n) is 2.70. The molecule has 6 heteroatoms. The van der Waals surface area contributed by atoms with Gasteiger partial charge in [-0.3, -0.25) is 9.59 Å². The van der Waals surface area contributed by atoms with Crippen molar-refractivity contribution < 1.29 is 14.3 Å². The van der Waals surface area contributed by atoms with Crippen LogP contribution in [0.5, 0.6) is 5.88 Å². The average molecular weight is 339 g/mol. The predicted octanol–water partition coefficient (Wildman–Crippen LogP) is 3.35. The summed E-state index contributed by atoms with van der Waals surface area (Å²) in [4.78, 5) is 28.6. The smallest absolute Gasteiger partial charge is 0.255 e. The summed E-state index contributed by atoms with van der Waals surface area (Å²) in [5.74, 6) is 0.182. The zero-order valence-electron chi connectivity index (χ0n) is 14.7. The maximum Gasteiger partial charge on any atom is 0.255 e. The van der Waals surface area contributed by atoms with Crippen LogP contribution in [-0.2, 0) is 10.2 Å². The number of aromatic nitrogens is 1. The molecule has 0 fully saturated rings. The summed E-state index contributed by atoms with van der Waals surface area (Å²) in [6.07, 6.45) is 1.59. The SMILES string of the molecule is CC(C)Oc1ccc(NC(=O)c2ccc3c(c2)NC(=O)C3(C)C)cn1. The zero-order valence-corrected chi connectivity index (χ0v) is 14.7. The van der Waals surface area contributed by atoms with Crippen LogP contribution in [0.4, 0.5) is 11.4 Å². The number of anilines is 2. The Hall–Kier alpha value is -2.89. The Morgan fingerprint density at radius 3 is 2.64 bits per heavy atom. The molecule has 1 aromatic carbocycles. The lowest BCUT2D eigenvalue weighted by Gasteiger charge is -2.15. The second kappa shape index (κ2) is 6.20. The van der Waals surface area contributed by atoms with Gasteiger partial charge >= 0.3 is 0 Å². The van der Waals surface area contributed by atoms with Gasteiger partial charge in [0.2, 0.25) is 11.8 Å². The zero-order chi connectivity index (χ0) is 18.2. The Balaban J connectivity index is 1.74. The lowest BCUT2D eigenvalue weighted by molar-refractivity contribution is -0.119. The van der Waals surface area contributed by atoms with E-state index < -0.39 is 5.41 Å². The molecule has 0 aliphatic carbocycles. The monoisotopic (exact) mass is 339 g/mol. The molecule has 0 atom stereocenters. The van der Waals surface area contributed by atoms with Crippen LogP contribution in [-0.4, -0.2) is 22.9 Å². The molecule has 3 rings (SSSR count). The van der Waals surface area contributed by atoms with Gasteiger partial charge in [0, 0.05) is 17.3 Å². The summed E-state index contributed by atoms with van der Waals surface area (Å²) in [6, 6.07) is 8.68. The maximum atomic E-state index is 12.4. The Morgan fingerprint density at radius 2 is 2.00 bits per heavy atom. The van der Waals surface area contributed by atoms with E-state index in [1.54, 1.807) is 30.5 Å². The molecule has 25 heavy (non-hydrogen) atoms. The van der Waals surface area contributed by atoms with Gasteiger partial charge in [0.1, 0.15) is 0 Å². The number of nitrogens with one attached hydrogen (secondary N) is 2. The van der Waals surface area contributed by atoms with Crippen LogP contribution in [0.15, 0.2) is 36.5 Å². The van der Waals surface area contributed by atoms with Gasteiger partial charge in [-0.05, 0) is 51.5 Å². The normalized spacial score (nSPS) is 14.8. The first-order valence-corrected chi connectivity index (χ1v) is 8.17. The highest BCUT2D eigenvalue weighted by atomic mass is 16.5. The molecule has 1 aliphatic rings. The van der Waals surface area contributed by atoms with Gasteiger partial charge in [-0.15, -0.1) is 0 Å². The van der Waals surface area contributed by atoms with Crippen molar-refractivity contribution in [1.29, 1.82) is 0 Å². The minimum absolute atomic E-state index is 0.0406. The number of carbonyl (C=O) groups is 2. The van der Waals surface area contributed by atoms with Gasteiger partial charge in [0.15, 0.2) is 0 Å². The molecule has 6 nitrogen and oxygen atoms in total. The highest BCUT2D eigenvalue weighted by Crippen LogP contribution is 2.37. The molecule has 0 spiro atoms. The topological polar surface area (TPSA) is 80.3 Å². The molecule has 2 heterocycles. The van der Waals surface area contributed by atoms with E-state index in [2.05, 4.69) is 15.6 Å². The van der Waals surface area contributed by atoms with Crippen LogP contribution >= 0.6 is 0 Å². The fraction of sp³-hybridized carbons (Fsp3) is 0.316. The van der Waals surface area contributed by atoms with Crippen LogP contribution < -0.4 is 15.4 Å². The molecule has 1 aliphatic heterocycles. The minimum Gasteiger partial charge on any atom is -0.475 e. The fourth-order valence-corrected chi connectivity index (χ4v) is 2.70. The van der Waals surface area contributed by atoms with Crippen molar-refractivity contribution in [3.8, 4) is 5.88 Å². The summed E-state index contributed by atoms with van der Waals surface area (Å²) in [6.45, 7) is 7.57. The molecule has 0 saturated carbocycles. The first kappa shape index (κ1) is 17.0. The van der Waals surface area contributed by atoms with Crippen molar-refractivity contribution in [3.05, 3.63) is 47.7 Å². The van der Waals surface area contributed by atoms with E-state index in [9.17, 15) is 9.59 Å². The number of nitrogens with zero attached hydrogens (tertiary/aromatic N) is 1. The third-order valence-corrected chi connectivity index (χ3v) is 4.12. The largest absolute Gasteiger partial charge is 0.475 e. The van der Waals surface area contributed by atoms with E-state index in [1.807, 2.05) is 33.8 Å². The van der Waals surface area contributed by atoms with Crippen molar-refractivity contribution in [2.75, 3.05) is 10.6 Å². The number of hydrogen-bond acceptors (Lipinski definition) is 4. The summed E-state index contributed by atoms with van der Waals surface area (Å²) in [7, 11) is 0. The summed E-state index contributed by atoms with van der Waals surface area (Å²) in [5.41, 5.74) is 2.04. The van der Waals surface area contributed by atoms with Crippen molar-refractivity contribution >= 4 is 23.2 Å². The highest BCUT2D eigenvalue weighted by Gasteiger charge is 2.38. The van der Waals surface area contributed by atoms with Crippen LogP contribution in [0.25, 0.3) is 0 Å². The van der Waals surface area contributed by atoms with E-state index in [0.29, 0.717) is 22.8 Å². The highest BCUT2D eigenvalue weighted by molar-refractivity contribution is 6.09. The predicted molar refractivity (Wildman–Crippen MR) is 96.1 cm³/mol. The molecular formula is C19H21N3O3. The van der Waals surface area contributed by atoms with Crippen LogP contribution in [0.2, 0.25) is 0 Å². The van der Waals surface area contributed by atoms with Gasteiger partial charge in [0.25, 0.3) is 5.91 Å². The van der Waals surface area contributed by atoms with Gasteiger partial charge in [-0.1, -0.05) is 6.07 Å². The summed E-state index contributed by atoms with van der Waals surface area (Å²) < 4.78 is 5.47. The number of pyridine rings is 1. The Morgan fingerprint density at radius 1 is 1.24 bits per heavy atom. The van der Waals surface area contributed by atoms with Crippen molar-refractivity contribution in [2.45, 2.75) is 39.2 Å². The Kier molecular flexibility index (Phi) is 4.20. The van der Waals surface area contributed by atoms with Crippen molar-refractivity contribution in [1.82, 2.24) is 4.98 Å². The number of ether oxygens (including phenoxy) is 1. The van der Waals surface area contributed by atoms with Gasteiger partial charge < -0.3 is 15.4 Å². The van der Waals surface area contributed by atoms with Crippen molar-refractivity contribution in [3.63, 3.8) is 0 Å². The van der Waals surface area contributed by atoms with E-state index in [0.717, 1.165) is 5.56 Å².